The van der Waals surface area contributed by atoms with Crippen LogP contribution >= 0.6 is 0 Å². The Balaban J connectivity index is 6.94. The number of aliphatic hydroxyl groups is 3. The van der Waals surface area contributed by atoms with Crippen molar-refractivity contribution in [1.82, 2.24) is 79.3 Å². The summed E-state index contributed by atoms with van der Waals surface area (Å²) in [6, 6.07) is -14.0. The fourth-order valence-corrected chi connectivity index (χ4v) is 12.0. The van der Waals surface area contributed by atoms with Crippen molar-refractivity contribution in [3.05, 3.63) is 45.1 Å². The lowest BCUT2D eigenvalue weighted by Gasteiger charge is -2.35. The first kappa shape index (κ1) is 108. The van der Waals surface area contributed by atoms with Gasteiger partial charge in [-0.05, 0) is 201 Å². The first-order chi connectivity index (χ1) is 53.5. The smallest absolute Gasteiger partial charge is 0.268 e. The van der Waals surface area contributed by atoms with Crippen LogP contribution in [0, 0.1) is 46.8 Å². The van der Waals surface area contributed by atoms with E-state index in [0.29, 0.717) is 29.7 Å². The third-order valence-electron chi connectivity index (χ3n) is 20.8. The standard InChI is InChI=1S/C84H147N15O18/c1-34-47(18)59(73(107)85-52(23)67(101)88-56(44(12)13)70(104)90-57(45(14)15)71(105)89-55(43(10)11)69(103)87-54(42(8)9)40-99(32)33)94-77(111)63(82(27,28)115)97-78(112)64(83(29,30)116)96-76(110)62(50(21)37-4)93-72(106)58(46(16)17)91-75(109)61(49(20)36-3)92-68(102)53(24)86-74(108)60(48(19)35-2)95-79(113)65(84(31,117)38-5)98-80(114)81(25,26)66(100)51(22)39-41(6)7/h41-42,44-46,50-54,56-58,62-65,115-117H,34-40H2,1-33H3,(H,85,107)(H,86,108)(H,87,103)(H,88,101)(H,89,105)(H,90,104)(H,91,109)(H,92,102)(H,93,106)(H,94,111)(H,95,113)(H,96,110)(H,97,112)(H,98,114)/b59-47+,60-48+,61-49-/t50-,51-,52+,53-,54+,56-,57+,58+,62+,63-,64+,65+,84+/m0/s1. The summed E-state index contributed by atoms with van der Waals surface area (Å²) in [7, 11) is 3.75. The molecule has 0 spiro atoms. The molecule has 0 unspecified atom stereocenters. The van der Waals surface area contributed by atoms with E-state index in [1.54, 1.807) is 118 Å². The molecule has 0 aromatic carbocycles. The molecular formula is C84H147N15O18. The second-order valence-electron chi connectivity index (χ2n) is 35.2. The average Bonchev–Trinajstić information content (AvgIpc) is 0.783. The van der Waals surface area contributed by atoms with E-state index >= 15 is 0 Å². The van der Waals surface area contributed by atoms with Crippen LogP contribution in [0.5, 0.6) is 0 Å². The summed E-state index contributed by atoms with van der Waals surface area (Å²) in [5.74, 6) is -15.9. The van der Waals surface area contributed by atoms with Crippen LogP contribution < -0.4 is 74.4 Å². The number of nitrogens with one attached hydrogen (secondary N) is 14. The number of carbonyl (C=O) groups excluding carboxylic acids is 15. The molecule has 0 radical (unpaired) electrons. The highest BCUT2D eigenvalue weighted by Crippen LogP contribution is 2.28. The Bertz CT molecular complexity index is 3660. The Morgan fingerprint density at radius 2 is 0.701 bits per heavy atom. The first-order valence-electron chi connectivity index (χ1n) is 40.9. The van der Waals surface area contributed by atoms with Gasteiger partial charge in [-0.3, -0.25) is 71.9 Å². The van der Waals surface area contributed by atoms with Gasteiger partial charge in [-0.2, -0.15) is 0 Å². The largest absolute Gasteiger partial charge is 0.388 e. The van der Waals surface area contributed by atoms with Gasteiger partial charge in [0.25, 0.3) is 23.6 Å². The number of allylic oxidation sites excluding steroid dienone is 4. The van der Waals surface area contributed by atoms with Gasteiger partial charge in [-0.25, -0.2) is 0 Å². The molecule has 0 aliphatic carbocycles. The second kappa shape index (κ2) is 47.6. The van der Waals surface area contributed by atoms with E-state index in [1.165, 1.54) is 69.2 Å². The van der Waals surface area contributed by atoms with Gasteiger partial charge < -0.3 is 94.7 Å². The van der Waals surface area contributed by atoms with Crippen molar-refractivity contribution in [3.8, 4) is 0 Å². The highest BCUT2D eigenvalue weighted by atomic mass is 16.3. The lowest BCUT2D eigenvalue weighted by atomic mass is 9.78. The van der Waals surface area contributed by atoms with Gasteiger partial charge in [0, 0.05) is 18.5 Å². The Hall–Kier alpha value is -8.95. The number of rotatable bonds is 47. The molecule has 0 aromatic heterocycles. The quantitative estimate of drug-likeness (QED) is 0.0303. The van der Waals surface area contributed by atoms with Gasteiger partial charge in [0.2, 0.25) is 59.1 Å². The predicted molar refractivity (Wildman–Crippen MR) is 449 cm³/mol. The van der Waals surface area contributed by atoms with Crippen LogP contribution in [-0.4, -0.2) is 207 Å². The topological polar surface area (TPSA) is 488 Å². The summed E-state index contributed by atoms with van der Waals surface area (Å²) in [5.41, 5.74) is -7.37. The summed E-state index contributed by atoms with van der Waals surface area (Å²) in [6.45, 7) is 49.3. The van der Waals surface area contributed by atoms with E-state index < -0.39 is 195 Å². The van der Waals surface area contributed by atoms with E-state index in [4.69, 9.17) is 0 Å². The van der Waals surface area contributed by atoms with E-state index in [0.717, 1.165) is 0 Å². The van der Waals surface area contributed by atoms with E-state index in [2.05, 4.69) is 74.4 Å². The highest BCUT2D eigenvalue weighted by molar-refractivity contribution is 6.09. The van der Waals surface area contributed by atoms with Crippen molar-refractivity contribution in [3.63, 3.8) is 0 Å². The Morgan fingerprint density at radius 3 is 1.08 bits per heavy atom. The van der Waals surface area contributed by atoms with Gasteiger partial charge in [-0.1, -0.05) is 124 Å². The number of carbonyl (C=O) groups is 15. The molecule has 0 fully saturated rings. The molecule has 0 rings (SSSR count). The third-order valence-corrected chi connectivity index (χ3v) is 20.8. The molecule has 13 atom stereocenters. The minimum absolute atomic E-state index is 0.0135. The number of nitrogens with zero attached hydrogens (tertiary/aromatic N) is 1. The minimum Gasteiger partial charge on any atom is -0.388 e. The maximum atomic E-state index is 14.6. The number of amides is 14. The minimum atomic E-state index is -2.15. The lowest BCUT2D eigenvalue weighted by molar-refractivity contribution is -0.147. The number of Topliss-reactive ketones (excluding diaryl/α,β-unsaturated/α-hetero) is 1. The Kier molecular flexibility index (Phi) is 44.0. The van der Waals surface area contributed by atoms with E-state index in [1.807, 2.05) is 46.7 Å². The monoisotopic (exact) mass is 1650 g/mol. The Morgan fingerprint density at radius 1 is 0.359 bits per heavy atom. The van der Waals surface area contributed by atoms with Crippen LogP contribution in [0.4, 0.5) is 0 Å². The highest BCUT2D eigenvalue weighted by Gasteiger charge is 2.47. The zero-order valence-electron chi connectivity index (χ0n) is 76.2. The van der Waals surface area contributed by atoms with Gasteiger partial charge >= 0.3 is 0 Å². The zero-order chi connectivity index (χ0) is 91.5. The van der Waals surface area contributed by atoms with Crippen LogP contribution in [-0.2, 0) is 71.9 Å². The number of hydrogen-bond acceptors (Lipinski definition) is 19. The van der Waals surface area contributed by atoms with Gasteiger partial charge in [0.1, 0.15) is 82.6 Å². The summed E-state index contributed by atoms with van der Waals surface area (Å²) < 4.78 is 0. The lowest BCUT2D eigenvalue weighted by Crippen LogP contribution is -2.66. The van der Waals surface area contributed by atoms with E-state index in [-0.39, 0.29) is 78.4 Å². The summed E-state index contributed by atoms with van der Waals surface area (Å²) >= 11 is 0. The molecule has 0 bridgehead atoms. The molecule has 33 nitrogen and oxygen atoms in total. The fraction of sp³-hybridized carbons (Fsp3) is 0.726. The van der Waals surface area contributed by atoms with Crippen molar-refractivity contribution in [2.75, 3.05) is 20.6 Å². The van der Waals surface area contributed by atoms with Crippen molar-refractivity contribution < 1.29 is 87.2 Å². The summed E-state index contributed by atoms with van der Waals surface area (Å²) in [4.78, 5) is 214. The van der Waals surface area contributed by atoms with E-state index in [9.17, 15) is 87.2 Å². The number of likely N-dealkylation sites (N-methyl/N-ethyl adjacent to an activating group) is 1. The van der Waals surface area contributed by atoms with Crippen LogP contribution in [0.25, 0.3) is 0 Å². The fourth-order valence-electron chi connectivity index (χ4n) is 12.0. The van der Waals surface area contributed by atoms with Crippen LogP contribution in [0.15, 0.2) is 45.1 Å². The molecule has 14 amide bonds. The van der Waals surface area contributed by atoms with Crippen LogP contribution in [0.2, 0.25) is 0 Å². The maximum Gasteiger partial charge on any atom is 0.268 e. The zero-order valence-corrected chi connectivity index (χ0v) is 76.2. The molecule has 0 aliphatic heterocycles. The normalized spacial score (nSPS) is 16.3. The van der Waals surface area contributed by atoms with Crippen molar-refractivity contribution >= 4 is 88.5 Å². The molecule has 0 saturated carbocycles. The predicted octanol–water partition coefficient (Wildman–Crippen LogP) is 3.90. The second-order valence-corrected chi connectivity index (χ2v) is 35.2. The third kappa shape index (κ3) is 33.4. The molecule has 0 saturated heterocycles. The molecule has 0 aliphatic rings. The molecule has 0 heterocycles. The number of ketones is 1. The maximum absolute atomic E-state index is 14.6. The van der Waals surface area contributed by atoms with Crippen molar-refractivity contribution in [2.24, 2.45) is 46.8 Å². The van der Waals surface area contributed by atoms with Crippen molar-refractivity contribution in [1.29, 1.82) is 0 Å². The molecule has 17 N–H and O–H groups in total. The molecule has 117 heavy (non-hydrogen) atoms. The van der Waals surface area contributed by atoms with Gasteiger partial charge in [0.05, 0.1) is 16.8 Å². The van der Waals surface area contributed by atoms with Gasteiger partial charge in [-0.15, -0.1) is 0 Å². The van der Waals surface area contributed by atoms with Crippen LogP contribution in [0.1, 0.15) is 253 Å². The number of hydrogen-bond donors (Lipinski definition) is 17. The van der Waals surface area contributed by atoms with Crippen molar-refractivity contribution in [2.45, 2.75) is 330 Å². The molecule has 0 aromatic rings. The molecule has 33 heteroatoms. The first-order valence-corrected chi connectivity index (χ1v) is 40.9. The average molecular weight is 1660 g/mol. The summed E-state index contributed by atoms with van der Waals surface area (Å²) in [6.07, 6.45) is 1.24. The Labute approximate surface area is 695 Å². The summed E-state index contributed by atoms with van der Waals surface area (Å²) in [5, 5.41) is 71.1. The molecule has 666 valence electrons. The SMILES string of the molecule is CC/C(C)=C(\NC(=O)[C@H](C)NC(=O)/C(NC(=O)[C@@H](NC(=O)C(C)(C)C(=O)[C@@H](C)CC(C)C)[C@](C)(O)CC)=C(/C)CC)C(=O)N[C@@H](C(=O)N[C@@H](C(=O)N[C@H](C(=O)N[C@@H](C(=O)N/C(C(=O)N[C@H](C)C(=O)N[C@H](C(=O)N[C@@H](C(=O)NC(C(=O)N[C@H](CN(C)C)C(C)C)=C(C)C)C(C)C)C(C)C)=C(\C)CC)C(C)(C)O)C(C)(C)O)[C@@H](C)CC)C(C)C. The van der Waals surface area contributed by atoms with Gasteiger partial charge in [0.15, 0.2) is 5.78 Å². The van der Waals surface area contributed by atoms with Crippen LogP contribution in [0.3, 0.4) is 0 Å². The molecular weight excluding hydrogens is 1510 g/mol.